The van der Waals surface area contributed by atoms with Gasteiger partial charge in [-0.05, 0) is 38.8 Å². The fraction of sp³-hybridized carbons (Fsp3) is 0.696. The molecule has 29 heavy (non-hydrogen) atoms. The molecule has 1 heterocycles. The molecule has 0 radical (unpaired) electrons. The van der Waals surface area contributed by atoms with Crippen LogP contribution in [-0.4, -0.2) is 84.6 Å². The van der Waals surface area contributed by atoms with Gasteiger partial charge in [0, 0.05) is 38.3 Å². The third-order valence-electron chi connectivity index (χ3n) is 4.72. The summed E-state index contributed by atoms with van der Waals surface area (Å²) in [5.74, 6) is 0.414. The molecule has 2 atom stereocenters. The third kappa shape index (κ3) is 8.83. The first-order valence-electron chi connectivity index (χ1n) is 10.6. The summed E-state index contributed by atoms with van der Waals surface area (Å²) in [7, 11) is 0. The summed E-state index contributed by atoms with van der Waals surface area (Å²) >= 11 is 0. The van der Waals surface area contributed by atoms with Crippen molar-refractivity contribution in [3.63, 3.8) is 0 Å². The lowest BCUT2D eigenvalue weighted by Crippen LogP contribution is -2.51. The van der Waals surface area contributed by atoms with Crippen molar-refractivity contribution in [3.8, 4) is 0 Å². The van der Waals surface area contributed by atoms with Crippen LogP contribution in [-0.2, 0) is 9.47 Å². The largest absolute Gasteiger partial charge is 0.389 e. The van der Waals surface area contributed by atoms with Gasteiger partial charge in [-0.1, -0.05) is 32.0 Å². The van der Waals surface area contributed by atoms with Crippen LogP contribution in [0.2, 0.25) is 0 Å². The first-order valence-corrected chi connectivity index (χ1v) is 10.6. The zero-order chi connectivity index (χ0) is 21.4. The maximum absolute atomic E-state index is 13.0. The van der Waals surface area contributed by atoms with E-state index in [1.165, 1.54) is 0 Å². The van der Waals surface area contributed by atoms with Crippen LogP contribution in [0, 0.1) is 5.92 Å². The van der Waals surface area contributed by atoms with Crippen molar-refractivity contribution in [2.24, 2.45) is 5.92 Å². The van der Waals surface area contributed by atoms with Gasteiger partial charge < -0.3 is 19.5 Å². The number of rotatable bonds is 9. The summed E-state index contributed by atoms with van der Waals surface area (Å²) in [5.41, 5.74) is 0.444. The normalized spacial score (nSPS) is 19.3. The number of ether oxygens (including phenoxy) is 2. The molecule has 6 nitrogen and oxygen atoms in total. The van der Waals surface area contributed by atoms with E-state index in [0.29, 0.717) is 50.9 Å². The number of hydrogen-bond acceptors (Lipinski definition) is 5. The van der Waals surface area contributed by atoms with E-state index in [-0.39, 0.29) is 17.6 Å². The molecule has 2 rings (SSSR count). The predicted molar refractivity (Wildman–Crippen MR) is 115 cm³/mol. The maximum Gasteiger partial charge on any atom is 0.253 e. The van der Waals surface area contributed by atoms with Crippen LogP contribution in [0.5, 0.6) is 0 Å². The van der Waals surface area contributed by atoms with Crippen molar-refractivity contribution in [2.75, 3.05) is 45.9 Å². The summed E-state index contributed by atoms with van der Waals surface area (Å²) in [6.07, 6.45) is -0.600. The Labute approximate surface area is 175 Å². The van der Waals surface area contributed by atoms with Crippen molar-refractivity contribution in [3.05, 3.63) is 35.9 Å². The van der Waals surface area contributed by atoms with Crippen molar-refractivity contribution in [1.82, 2.24) is 9.80 Å². The van der Waals surface area contributed by atoms with Crippen molar-refractivity contribution < 1.29 is 19.4 Å². The Bertz CT molecular complexity index is 615. The SMILES string of the molecule is CC(C)CN(CC1CN(CC(O)COC(C)(C)C)CCO1)C(=O)c1ccccc1. The van der Waals surface area contributed by atoms with Gasteiger partial charge in [0.05, 0.1) is 31.0 Å². The van der Waals surface area contributed by atoms with Gasteiger partial charge in [0.2, 0.25) is 0 Å². The van der Waals surface area contributed by atoms with Crippen molar-refractivity contribution >= 4 is 5.91 Å². The molecule has 0 aromatic heterocycles. The summed E-state index contributed by atoms with van der Waals surface area (Å²) < 4.78 is 11.6. The van der Waals surface area contributed by atoms with Gasteiger partial charge in [-0.3, -0.25) is 9.69 Å². The van der Waals surface area contributed by atoms with E-state index in [1.807, 2.05) is 56.0 Å². The number of aliphatic hydroxyl groups excluding tert-OH is 1. The molecule has 1 N–H and O–H groups in total. The average molecular weight is 407 g/mol. The van der Waals surface area contributed by atoms with Crippen molar-refractivity contribution in [1.29, 1.82) is 0 Å². The van der Waals surface area contributed by atoms with Crippen LogP contribution in [0.4, 0.5) is 0 Å². The van der Waals surface area contributed by atoms with E-state index in [2.05, 4.69) is 18.7 Å². The van der Waals surface area contributed by atoms with Crippen LogP contribution < -0.4 is 0 Å². The van der Waals surface area contributed by atoms with E-state index >= 15 is 0 Å². The van der Waals surface area contributed by atoms with Crippen LogP contribution >= 0.6 is 0 Å². The maximum atomic E-state index is 13.0. The Morgan fingerprint density at radius 1 is 1.31 bits per heavy atom. The molecule has 0 bridgehead atoms. The zero-order valence-corrected chi connectivity index (χ0v) is 18.6. The molecular weight excluding hydrogens is 368 g/mol. The zero-order valence-electron chi connectivity index (χ0n) is 18.6. The van der Waals surface area contributed by atoms with Gasteiger partial charge in [0.1, 0.15) is 0 Å². The highest BCUT2D eigenvalue weighted by atomic mass is 16.5. The molecular formula is C23H38N2O4. The highest BCUT2D eigenvalue weighted by Gasteiger charge is 2.27. The van der Waals surface area contributed by atoms with Crippen LogP contribution in [0.3, 0.4) is 0 Å². The van der Waals surface area contributed by atoms with Gasteiger partial charge in [0.25, 0.3) is 5.91 Å². The lowest BCUT2D eigenvalue weighted by atomic mass is 10.1. The fourth-order valence-corrected chi connectivity index (χ4v) is 3.44. The minimum Gasteiger partial charge on any atom is -0.389 e. The van der Waals surface area contributed by atoms with E-state index in [9.17, 15) is 9.90 Å². The number of aliphatic hydroxyl groups is 1. The number of amides is 1. The number of morpholine rings is 1. The van der Waals surface area contributed by atoms with Gasteiger partial charge in [-0.25, -0.2) is 0 Å². The quantitative estimate of drug-likeness (QED) is 0.683. The molecule has 164 valence electrons. The topological polar surface area (TPSA) is 62.2 Å². The van der Waals surface area contributed by atoms with Crippen LogP contribution in [0.1, 0.15) is 45.0 Å². The number of nitrogens with zero attached hydrogens (tertiary/aromatic N) is 2. The minimum atomic E-state index is -0.536. The molecule has 0 aliphatic carbocycles. The molecule has 1 amide bonds. The summed E-state index contributed by atoms with van der Waals surface area (Å²) in [6, 6.07) is 9.41. The van der Waals surface area contributed by atoms with Gasteiger partial charge >= 0.3 is 0 Å². The standard InChI is InChI=1S/C23H38N2O4/c1-18(2)13-25(22(27)19-9-7-6-8-10-19)16-21-15-24(11-12-28-21)14-20(26)17-29-23(3,4)5/h6-10,18,20-21,26H,11-17H2,1-5H3. The van der Waals surface area contributed by atoms with Gasteiger partial charge in [0.15, 0.2) is 0 Å². The van der Waals surface area contributed by atoms with Crippen molar-refractivity contribution in [2.45, 2.75) is 52.4 Å². The molecule has 1 saturated heterocycles. The molecule has 1 aliphatic heterocycles. The van der Waals surface area contributed by atoms with Gasteiger partial charge in [-0.2, -0.15) is 0 Å². The Balaban J connectivity index is 1.92. The highest BCUT2D eigenvalue weighted by molar-refractivity contribution is 5.94. The number of hydrogen-bond donors (Lipinski definition) is 1. The first-order chi connectivity index (χ1) is 13.6. The summed E-state index contributed by atoms with van der Waals surface area (Å²) in [6.45, 7) is 14.4. The Morgan fingerprint density at radius 2 is 2.00 bits per heavy atom. The van der Waals surface area contributed by atoms with E-state index in [4.69, 9.17) is 9.47 Å². The molecule has 0 spiro atoms. The Hall–Kier alpha value is -1.47. The molecule has 1 fully saturated rings. The molecule has 1 aromatic rings. The summed E-state index contributed by atoms with van der Waals surface area (Å²) in [4.78, 5) is 17.1. The molecule has 1 aliphatic rings. The second-order valence-corrected chi connectivity index (χ2v) is 9.30. The predicted octanol–water partition coefficient (Wildman–Crippen LogP) is 2.66. The highest BCUT2D eigenvalue weighted by Crippen LogP contribution is 2.14. The third-order valence-corrected chi connectivity index (χ3v) is 4.72. The molecule has 2 unspecified atom stereocenters. The molecule has 1 aromatic carbocycles. The van der Waals surface area contributed by atoms with Gasteiger partial charge in [-0.15, -0.1) is 0 Å². The molecule has 0 saturated carbocycles. The number of benzene rings is 1. The number of carbonyl (C=O) groups is 1. The van der Waals surface area contributed by atoms with E-state index < -0.39 is 6.10 Å². The second-order valence-electron chi connectivity index (χ2n) is 9.30. The first kappa shape index (κ1) is 23.8. The second kappa shape index (κ2) is 11.1. The minimum absolute atomic E-state index is 0.0404. The molecule has 6 heteroatoms. The lowest BCUT2D eigenvalue weighted by molar-refractivity contribution is -0.0783. The number of carbonyl (C=O) groups excluding carboxylic acids is 1. The Kier molecular flexibility index (Phi) is 9.08. The Morgan fingerprint density at radius 3 is 2.62 bits per heavy atom. The van der Waals surface area contributed by atoms with E-state index in [1.54, 1.807) is 0 Å². The average Bonchev–Trinajstić information content (AvgIpc) is 2.65. The fourth-order valence-electron chi connectivity index (χ4n) is 3.44. The number of β-amino-alcohol motifs (C(OH)–C–C–N with tert-alkyl or cyclic N) is 1. The van der Waals surface area contributed by atoms with Crippen LogP contribution in [0.25, 0.3) is 0 Å². The summed E-state index contributed by atoms with van der Waals surface area (Å²) in [5, 5.41) is 10.3. The monoisotopic (exact) mass is 406 g/mol. The smallest absolute Gasteiger partial charge is 0.253 e. The van der Waals surface area contributed by atoms with E-state index in [0.717, 1.165) is 6.54 Å². The lowest BCUT2D eigenvalue weighted by Gasteiger charge is -2.37. The van der Waals surface area contributed by atoms with Crippen LogP contribution in [0.15, 0.2) is 30.3 Å².